The summed E-state index contributed by atoms with van der Waals surface area (Å²) in [6, 6.07) is 0. The predicted octanol–water partition coefficient (Wildman–Crippen LogP) is 4.06. The van der Waals surface area contributed by atoms with Crippen LogP contribution in [0.2, 0.25) is 0 Å². The van der Waals surface area contributed by atoms with E-state index < -0.39 is 10.8 Å². The fourth-order valence-corrected chi connectivity index (χ4v) is 1.72. The molecule has 0 aliphatic carbocycles. The molecule has 0 radical (unpaired) electrons. The molecule has 0 aromatic heterocycles. The highest BCUT2D eigenvalue weighted by Crippen LogP contribution is 2.08. The number of rotatable bonds is 12. The maximum atomic E-state index is 11.3. The van der Waals surface area contributed by atoms with Crippen molar-refractivity contribution in [2.24, 2.45) is 0 Å². The molecular formula is C15H26Cl2O4. The minimum Gasteiger partial charge on any atom is -0.465 e. The molecule has 0 N–H and O–H groups in total. The third-order valence-electron chi connectivity index (χ3n) is 3.01. The van der Waals surface area contributed by atoms with Gasteiger partial charge >= 0.3 is 11.9 Å². The van der Waals surface area contributed by atoms with Crippen molar-refractivity contribution in [3.8, 4) is 0 Å². The average Bonchev–Trinajstić information content (AvgIpc) is 2.50. The van der Waals surface area contributed by atoms with Crippen LogP contribution in [0.15, 0.2) is 0 Å². The summed E-state index contributed by atoms with van der Waals surface area (Å²) < 4.78 is 10.1. The van der Waals surface area contributed by atoms with Crippen molar-refractivity contribution < 1.29 is 19.1 Å². The molecule has 0 fully saturated rings. The van der Waals surface area contributed by atoms with Gasteiger partial charge in [0.2, 0.25) is 0 Å². The highest BCUT2D eigenvalue weighted by molar-refractivity contribution is 6.30. The van der Waals surface area contributed by atoms with E-state index in [4.69, 9.17) is 32.7 Å². The number of hydrogen-bond acceptors (Lipinski definition) is 4. The molecule has 0 saturated heterocycles. The molecule has 4 nitrogen and oxygen atoms in total. The van der Waals surface area contributed by atoms with Crippen molar-refractivity contribution in [3.63, 3.8) is 0 Å². The van der Waals surface area contributed by atoms with E-state index in [2.05, 4.69) is 0 Å². The first kappa shape index (κ1) is 20.5. The third-order valence-corrected chi connectivity index (χ3v) is 3.98. The van der Waals surface area contributed by atoms with Crippen molar-refractivity contribution in [2.75, 3.05) is 13.2 Å². The molecule has 0 bridgehead atoms. The van der Waals surface area contributed by atoms with Gasteiger partial charge in [0.05, 0.1) is 13.2 Å². The van der Waals surface area contributed by atoms with E-state index in [9.17, 15) is 9.59 Å². The third kappa shape index (κ3) is 10.8. The molecule has 0 rings (SSSR count). The first-order chi connectivity index (χ1) is 10.0. The minimum atomic E-state index is -0.534. The largest absolute Gasteiger partial charge is 0.465 e. The van der Waals surface area contributed by atoms with Crippen molar-refractivity contribution >= 4 is 35.1 Å². The summed E-state index contributed by atoms with van der Waals surface area (Å²) in [5, 5.41) is -1.07. The smallest absolute Gasteiger partial charge is 0.324 e. The predicted molar refractivity (Wildman–Crippen MR) is 84.9 cm³/mol. The lowest BCUT2D eigenvalue weighted by atomic mass is 10.1. The molecule has 2 unspecified atom stereocenters. The van der Waals surface area contributed by atoms with Gasteiger partial charge in [-0.3, -0.25) is 9.59 Å². The molecule has 0 aromatic rings. The monoisotopic (exact) mass is 340 g/mol. The summed E-state index contributed by atoms with van der Waals surface area (Å²) in [6.45, 7) is 4.53. The van der Waals surface area contributed by atoms with Crippen LogP contribution in [0.1, 0.15) is 58.8 Å². The number of esters is 2. The molecule has 124 valence electrons. The normalized spacial score (nSPS) is 13.5. The second kappa shape index (κ2) is 13.2. The van der Waals surface area contributed by atoms with Crippen molar-refractivity contribution in [3.05, 3.63) is 0 Å². The summed E-state index contributed by atoms with van der Waals surface area (Å²) in [5.41, 5.74) is 0. The number of hydrogen-bond donors (Lipinski definition) is 0. The van der Waals surface area contributed by atoms with Gasteiger partial charge in [-0.25, -0.2) is 0 Å². The van der Waals surface area contributed by atoms with E-state index in [0.717, 1.165) is 32.1 Å². The Morgan fingerprint density at radius 2 is 1.10 bits per heavy atom. The van der Waals surface area contributed by atoms with Crippen LogP contribution in [0, 0.1) is 0 Å². The molecule has 21 heavy (non-hydrogen) atoms. The summed E-state index contributed by atoms with van der Waals surface area (Å²) in [5.74, 6) is -0.671. The van der Waals surface area contributed by atoms with Gasteiger partial charge < -0.3 is 9.47 Å². The molecule has 6 heteroatoms. The van der Waals surface area contributed by atoms with E-state index in [1.807, 2.05) is 13.8 Å². The highest BCUT2D eigenvalue weighted by Gasteiger charge is 2.14. The van der Waals surface area contributed by atoms with Crippen molar-refractivity contribution in [1.29, 1.82) is 0 Å². The van der Waals surface area contributed by atoms with Crippen LogP contribution in [-0.4, -0.2) is 35.9 Å². The molecule has 0 aromatic carbocycles. The summed E-state index contributed by atoms with van der Waals surface area (Å²) in [7, 11) is 0. The zero-order valence-electron chi connectivity index (χ0n) is 12.9. The van der Waals surface area contributed by atoms with E-state index in [1.165, 1.54) is 0 Å². The van der Waals surface area contributed by atoms with Gasteiger partial charge in [-0.1, -0.05) is 33.1 Å². The van der Waals surface area contributed by atoms with Crippen molar-refractivity contribution in [2.45, 2.75) is 69.5 Å². The zero-order chi connectivity index (χ0) is 16.1. The second-order valence-corrected chi connectivity index (χ2v) is 5.91. The molecule has 0 aliphatic heterocycles. The molecule has 0 saturated carbocycles. The number of carbonyl (C=O) groups is 2. The molecule has 2 atom stereocenters. The van der Waals surface area contributed by atoms with Gasteiger partial charge in [0.25, 0.3) is 0 Å². The number of carbonyl (C=O) groups excluding carboxylic acids is 2. The molecule has 0 amide bonds. The van der Waals surface area contributed by atoms with Gasteiger partial charge in [-0.15, -0.1) is 23.2 Å². The molecule has 0 heterocycles. The van der Waals surface area contributed by atoms with Crippen LogP contribution in [0.25, 0.3) is 0 Å². The van der Waals surface area contributed by atoms with Gasteiger partial charge in [0.15, 0.2) is 0 Å². The van der Waals surface area contributed by atoms with Crippen LogP contribution in [0.5, 0.6) is 0 Å². The maximum Gasteiger partial charge on any atom is 0.324 e. The number of unbranched alkanes of at least 4 members (excludes halogenated alkanes) is 4. The van der Waals surface area contributed by atoms with Gasteiger partial charge in [-0.2, -0.15) is 0 Å². The average molecular weight is 341 g/mol. The van der Waals surface area contributed by atoms with Gasteiger partial charge in [0, 0.05) is 0 Å². The Balaban J connectivity index is 3.34. The SMILES string of the molecule is CCC(Cl)C(=O)OCCCCCCCOC(=O)C(Cl)CC. The second-order valence-electron chi connectivity index (χ2n) is 4.85. The Morgan fingerprint density at radius 1 is 0.762 bits per heavy atom. The maximum absolute atomic E-state index is 11.3. The van der Waals surface area contributed by atoms with E-state index in [-0.39, 0.29) is 11.9 Å². The van der Waals surface area contributed by atoms with Crippen LogP contribution < -0.4 is 0 Å². The first-order valence-electron chi connectivity index (χ1n) is 7.64. The number of alkyl halides is 2. The highest BCUT2D eigenvalue weighted by atomic mass is 35.5. The fourth-order valence-electron chi connectivity index (χ4n) is 1.59. The van der Waals surface area contributed by atoms with Crippen LogP contribution >= 0.6 is 23.2 Å². The van der Waals surface area contributed by atoms with Crippen LogP contribution in [0.3, 0.4) is 0 Å². The molecule has 0 spiro atoms. The zero-order valence-corrected chi connectivity index (χ0v) is 14.4. The number of halogens is 2. The van der Waals surface area contributed by atoms with E-state index >= 15 is 0 Å². The Kier molecular flexibility index (Phi) is 12.9. The topological polar surface area (TPSA) is 52.6 Å². The van der Waals surface area contributed by atoms with Crippen molar-refractivity contribution in [1.82, 2.24) is 0 Å². The Bertz CT molecular complexity index is 269. The lowest BCUT2D eigenvalue weighted by Gasteiger charge is -2.08. The lowest BCUT2D eigenvalue weighted by Crippen LogP contribution is -2.17. The Labute approximate surface area is 137 Å². The summed E-state index contributed by atoms with van der Waals surface area (Å²) in [4.78, 5) is 22.6. The molecular weight excluding hydrogens is 315 g/mol. The van der Waals surface area contributed by atoms with Crippen LogP contribution in [0.4, 0.5) is 0 Å². The van der Waals surface area contributed by atoms with Crippen LogP contribution in [-0.2, 0) is 19.1 Å². The van der Waals surface area contributed by atoms with E-state index in [0.29, 0.717) is 26.1 Å². The summed E-state index contributed by atoms with van der Waals surface area (Å²) in [6.07, 6.45) is 5.81. The minimum absolute atomic E-state index is 0.336. The Hall–Kier alpha value is -0.480. The lowest BCUT2D eigenvalue weighted by molar-refractivity contribution is -0.144. The number of ether oxygens (including phenoxy) is 2. The van der Waals surface area contributed by atoms with E-state index in [1.54, 1.807) is 0 Å². The van der Waals surface area contributed by atoms with Gasteiger partial charge in [-0.05, 0) is 25.7 Å². The summed E-state index contributed by atoms with van der Waals surface area (Å²) >= 11 is 11.5. The first-order valence-corrected chi connectivity index (χ1v) is 8.51. The fraction of sp³-hybridized carbons (Fsp3) is 0.867. The Morgan fingerprint density at radius 3 is 1.43 bits per heavy atom. The molecule has 0 aliphatic rings. The standard InChI is InChI=1S/C15H26Cl2O4/c1-3-12(16)14(18)20-10-8-6-5-7-9-11-21-15(19)13(17)4-2/h12-13H,3-11H2,1-2H3. The van der Waals surface area contributed by atoms with Gasteiger partial charge in [0.1, 0.15) is 10.8 Å². The quantitative estimate of drug-likeness (QED) is 0.305.